The van der Waals surface area contributed by atoms with Gasteiger partial charge in [0, 0.05) is 17.3 Å². The van der Waals surface area contributed by atoms with Crippen LogP contribution in [0.3, 0.4) is 0 Å². The van der Waals surface area contributed by atoms with Crippen molar-refractivity contribution in [3.8, 4) is 0 Å². The fourth-order valence-electron chi connectivity index (χ4n) is 1.26. The van der Waals surface area contributed by atoms with E-state index in [2.05, 4.69) is 25.4 Å². The lowest BCUT2D eigenvalue weighted by atomic mass is 10.1. The summed E-state index contributed by atoms with van der Waals surface area (Å²) in [5.41, 5.74) is 1.34. The molecule has 86 valence electrons. The third-order valence-electron chi connectivity index (χ3n) is 2.16. The number of rotatable bonds is 8. The van der Waals surface area contributed by atoms with E-state index >= 15 is 0 Å². The van der Waals surface area contributed by atoms with Gasteiger partial charge in [0.1, 0.15) is 0 Å². The van der Waals surface area contributed by atoms with Gasteiger partial charge in [-0.15, -0.1) is 0 Å². The number of allylic oxidation sites excluding steroid dienone is 2. The highest BCUT2D eigenvalue weighted by Gasteiger charge is 1.94. The molecule has 0 aliphatic heterocycles. The molecular formula is C13H22ClN. The van der Waals surface area contributed by atoms with Crippen molar-refractivity contribution >= 4 is 17.3 Å². The van der Waals surface area contributed by atoms with Gasteiger partial charge in [0.05, 0.1) is 0 Å². The van der Waals surface area contributed by atoms with Crippen LogP contribution in [0.5, 0.6) is 0 Å². The lowest BCUT2D eigenvalue weighted by Gasteiger charge is -2.01. The van der Waals surface area contributed by atoms with E-state index in [1.807, 2.05) is 12.2 Å². The van der Waals surface area contributed by atoms with Gasteiger partial charge < -0.3 is 0 Å². The van der Waals surface area contributed by atoms with Crippen molar-refractivity contribution in [2.45, 2.75) is 46.0 Å². The van der Waals surface area contributed by atoms with E-state index in [1.165, 1.54) is 18.6 Å². The monoisotopic (exact) mass is 227 g/mol. The van der Waals surface area contributed by atoms with Gasteiger partial charge in [-0.3, -0.25) is 4.99 Å². The van der Waals surface area contributed by atoms with Gasteiger partial charge in [-0.25, -0.2) is 0 Å². The molecule has 0 saturated carbocycles. The Morgan fingerprint density at radius 3 is 2.67 bits per heavy atom. The smallest absolute Gasteiger partial charge is 0.0423 e. The summed E-state index contributed by atoms with van der Waals surface area (Å²) < 4.78 is 0. The molecule has 0 atom stereocenters. The van der Waals surface area contributed by atoms with E-state index in [9.17, 15) is 0 Å². The topological polar surface area (TPSA) is 12.4 Å². The van der Waals surface area contributed by atoms with Crippen LogP contribution in [-0.2, 0) is 0 Å². The van der Waals surface area contributed by atoms with Crippen molar-refractivity contribution < 1.29 is 0 Å². The van der Waals surface area contributed by atoms with Gasteiger partial charge in [-0.05, 0) is 31.8 Å². The quantitative estimate of drug-likeness (QED) is 0.323. The molecule has 0 aliphatic carbocycles. The number of unbranched alkanes of at least 4 members (excludes halogenated alkanes) is 1. The van der Waals surface area contributed by atoms with Crippen molar-refractivity contribution in [1.29, 1.82) is 0 Å². The fourth-order valence-corrected chi connectivity index (χ4v) is 1.35. The molecule has 2 heteroatoms. The van der Waals surface area contributed by atoms with Gasteiger partial charge >= 0.3 is 0 Å². The number of hydrogen-bond donors (Lipinski definition) is 0. The maximum Gasteiger partial charge on any atom is 0.0423 e. The van der Waals surface area contributed by atoms with Crippen LogP contribution in [0.2, 0.25) is 0 Å². The van der Waals surface area contributed by atoms with Crippen LogP contribution in [0.25, 0.3) is 0 Å². The highest BCUT2D eigenvalue weighted by atomic mass is 35.5. The first kappa shape index (κ1) is 14.4. The van der Waals surface area contributed by atoms with E-state index in [4.69, 9.17) is 11.6 Å². The Balaban J connectivity index is 3.75. The van der Waals surface area contributed by atoms with Crippen molar-refractivity contribution in [2.75, 3.05) is 6.54 Å². The van der Waals surface area contributed by atoms with Crippen LogP contribution in [0.1, 0.15) is 46.0 Å². The molecule has 0 unspecified atom stereocenters. The molecule has 0 amide bonds. The largest absolute Gasteiger partial charge is 0.294 e. The highest BCUT2D eigenvalue weighted by Crippen LogP contribution is 2.02. The Bertz CT molecular complexity index is 229. The zero-order chi connectivity index (χ0) is 11.5. The number of hydrogen-bond acceptors (Lipinski definition) is 1. The minimum Gasteiger partial charge on any atom is -0.294 e. The second-order valence-corrected chi connectivity index (χ2v) is 4.03. The summed E-state index contributed by atoms with van der Waals surface area (Å²) in [5.74, 6) is 0. The molecule has 0 N–H and O–H groups in total. The van der Waals surface area contributed by atoms with Gasteiger partial charge in [0.15, 0.2) is 0 Å². The van der Waals surface area contributed by atoms with E-state index in [0.29, 0.717) is 5.03 Å². The van der Waals surface area contributed by atoms with E-state index in [1.54, 1.807) is 0 Å². The maximum absolute atomic E-state index is 5.60. The van der Waals surface area contributed by atoms with Crippen LogP contribution in [0.15, 0.2) is 28.8 Å². The summed E-state index contributed by atoms with van der Waals surface area (Å²) in [5, 5.41) is 0.584. The minimum atomic E-state index is 0.584. The molecule has 0 bridgehead atoms. The molecule has 15 heavy (non-hydrogen) atoms. The van der Waals surface area contributed by atoms with Gasteiger partial charge in [0.2, 0.25) is 0 Å². The molecule has 0 aromatic carbocycles. The first-order valence-corrected chi connectivity index (χ1v) is 6.11. The molecule has 0 aliphatic rings. The van der Waals surface area contributed by atoms with Gasteiger partial charge in [-0.1, -0.05) is 44.5 Å². The molecule has 0 spiro atoms. The molecule has 0 aromatic heterocycles. The Morgan fingerprint density at radius 2 is 2.13 bits per heavy atom. The lowest BCUT2D eigenvalue weighted by Crippen LogP contribution is -1.97. The SMILES string of the molecule is C=C(Cl)C=CCCN=C(CC)CCCC. The molecule has 0 rings (SSSR count). The lowest BCUT2D eigenvalue weighted by molar-refractivity contribution is 0.819. The predicted molar refractivity (Wildman–Crippen MR) is 70.9 cm³/mol. The van der Waals surface area contributed by atoms with Crippen LogP contribution in [0.4, 0.5) is 0 Å². The van der Waals surface area contributed by atoms with Crippen LogP contribution < -0.4 is 0 Å². The fraction of sp³-hybridized carbons (Fsp3) is 0.615. The van der Waals surface area contributed by atoms with Crippen molar-refractivity contribution in [1.82, 2.24) is 0 Å². The van der Waals surface area contributed by atoms with E-state index < -0.39 is 0 Å². The molecule has 0 fully saturated rings. The third-order valence-corrected chi connectivity index (χ3v) is 2.28. The van der Waals surface area contributed by atoms with Gasteiger partial charge in [-0.2, -0.15) is 0 Å². The highest BCUT2D eigenvalue weighted by molar-refractivity contribution is 6.30. The second kappa shape index (κ2) is 9.97. The van der Waals surface area contributed by atoms with E-state index in [0.717, 1.165) is 25.8 Å². The number of nitrogens with zero attached hydrogens (tertiary/aromatic N) is 1. The first-order valence-electron chi connectivity index (χ1n) is 5.73. The molecular weight excluding hydrogens is 206 g/mol. The van der Waals surface area contributed by atoms with Crippen LogP contribution in [0, 0.1) is 0 Å². The third kappa shape index (κ3) is 9.74. The Morgan fingerprint density at radius 1 is 1.40 bits per heavy atom. The maximum atomic E-state index is 5.60. The summed E-state index contributed by atoms with van der Waals surface area (Å²) in [7, 11) is 0. The van der Waals surface area contributed by atoms with Gasteiger partial charge in [0.25, 0.3) is 0 Å². The first-order chi connectivity index (χ1) is 7.20. The van der Waals surface area contributed by atoms with Crippen molar-refractivity contribution in [2.24, 2.45) is 4.99 Å². The Hall–Kier alpha value is -0.560. The molecule has 1 nitrogen and oxygen atoms in total. The van der Waals surface area contributed by atoms with Crippen molar-refractivity contribution in [3.63, 3.8) is 0 Å². The van der Waals surface area contributed by atoms with Crippen LogP contribution >= 0.6 is 11.6 Å². The zero-order valence-corrected chi connectivity index (χ0v) is 10.7. The molecule has 0 heterocycles. The normalized spacial score (nSPS) is 12.3. The molecule has 0 aromatic rings. The zero-order valence-electron chi connectivity index (χ0n) is 9.93. The minimum absolute atomic E-state index is 0.584. The number of halogens is 1. The van der Waals surface area contributed by atoms with Crippen molar-refractivity contribution in [3.05, 3.63) is 23.8 Å². The summed E-state index contributed by atoms with van der Waals surface area (Å²) in [6.45, 7) is 8.84. The summed E-state index contributed by atoms with van der Waals surface area (Å²) in [6, 6.07) is 0. The summed E-state index contributed by atoms with van der Waals surface area (Å²) >= 11 is 5.60. The van der Waals surface area contributed by atoms with E-state index in [-0.39, 0.29) is 0 Å². The molecule has 0 radical (unpaired) electrons. The average Bonchev–Trinajstić information content (AvgIpc) is 2.21. The Labute approximate surface area is 98.9 Å². The van der Waals surface area contributed by atoms with Crippen LogP contribution in [-0.4, -0.2) is 12.3 Å². The standard InChI is InChI=1S/C13H22ClN/c1-4-6-10-13(5-2)15-11-8-7-9-12(3)14/h7,9H,3-6,8,10-11H2,1-2H3. The average molecular weight is 228 g/mol. The molecule has 0 saturated heterocycles. The summed E-state index contributed by atoms with van der Waals surface area (Å²) in [6.07, 6.45) is 9.51. The summed E-state index contributed by atoms with van der Waals surface area (Å²) in [4.78, 5) is 4.57. The predicted octanol–water partition coefficient (Wildman–Crippen LogP) is 4.73. The Kier molecular flexibility index (Phi) is 9.60. The number of aliphatic imine (C=N–C) groups is 1. The second-order valence-electron chi connectivity index (χ2n) is 3.54.